The summed E-state index contributed by atoms with van der Waals surface area (Å²) in [5.41, 5.74) is 0.657. The van der Waals surface area contributed by atoms with Crippen molar-refractivity contribution in [1.29, 1.82) is 5.26 Å². The SMILES string of the molecule is N#Cc1cnc2c(c1)S(=O)(=O)C=C2. The van der Waals surface area contributed by atoms with Crippen LogP contribution < -0.4 is 0 Å². The molecule has 1 aromatic rings. The highest BCUT2D eigenvalue weighted by Crippen LogP contribution is 2.25. The lowest BCUT2D eigenvalue weighted by atomic mass is 10.3. The zero-order valence-electron chi connectivity index (χ0n) is 6.43. The number of fused-ring (bicyclic) bond motifs is 1. The highest BCUT2D eigenvalue weighted by molar-refractivity contribution is 7.94. The van der Waals surface area contributed by atoms with Crippen LogP contribution in [0.4, 0.5) is 0 Å². The number of hydrogen-bond acceptors (Lipinski definition) is 4. The molecular weight excluding hydrogens is 188 g/mol. The fourth-order valence-electron chi connectivity index (χ4n) is 1.10. The van der Waals surface area contributed by atoms with Crippen LogP contribution in [0.25, 0.3) is 6.08 Å². The average Bonchev–Trinajstić information content (AvgIpc) is 2.42. The van der Waals surface area contributed by atoms with Gasteiger partial charge in [-0.15, -0.1) is 0 Å². The monoisotopic (exact) mass is 192 g/mol. The fraction of sp³-hybridized carbons (Fsp3) is 0. The molecule has 0 spiro atoms. The van der Waals surface area contributed by atoms with E-state index < -0.39 is 9.84 Å². The van der Waals surface area contributed by atoms with E-state index in [1.807, 2.05) is 6.07 Å². The lowest BCUT2D eigenvalue weighted by molar-refractivity contribution is 0.605. The van der Waals surface area contributed by atoms with Gasteiger partial charge in [-0.3, -0.25) is 4.98 Å². The summed E-state index contributed by atoms with van der Waals surface area (Å²) < 4.78 is 22.6. The molecule has 0 atom stereocenters. The maximum atomic E-state index is 11.3. The summed E-state index contributed by atoms with van der Waals surface area (Å²) in [5, 5.41) is 9.62. The summed E-state index contributed by atoms with van der Waals surface area (Å²) in [7, 11) is -3.33. The van der Waals surface area contributed by atoms with E-state index in [0.717, 1.165) is 5.41 Å². The Morgan fingerprint density at radius 1 is 1.46 bits per heavy atom. The highest BCUT2D eigenvalue weighted by Gasteiger charge is 2.21. The van der Waals surface area contributed by atoms with Gasteiger partial charge in [0, 0.05) is 11.6 Å². The molecule has 4 nitrogen and oxygen atoms in total. The van der Waals surface area contributed by atoms with Crippen molar-refractivity contribution in [3.8, 4) is 6.07 Å². The van der Waals surface area contributed by atoms with Crippen molar-refractivity contribution < 1.29 is 8.42 Å². The van der Waals surface area contributed by atoms with Gasteiger partial charge in [-0.2, -0.15) is 5.26 Å². The van der Waals surface area contributed by atoms with Gasteiger partial charge in [-0.1, -0.05) is 0 Å². The van der Waals surface area contributed by atoms with Crippen molar-refractivity contribution in [2.75, 3.05) is 0 Å². The first-order valence-electron chi connectivity index (χ1n) is 3.47. The van der Waals surface area contributed by atoms with Gasteiger partial charge in [-0.05, 0) is 12.1 Å². The zero-order chi connectivity index (χ0) is 9.47. The second kappa shape index (κ2) is 2.41. The van der Waals surface area contributed by atoms with Gasteiger partial charge >= 0.3 is 0 Å². The van der Waals surface area contributed by atoms with Crippen LogP contribution in [-0.2, 0) is 9.84 Å². The molecule has 64 valence electrons. The van der Waals surface area contributed by atoms with Crippen LogP contribution in [0.5, 0.6) is 0 Å². The van der Waals surface area contributed by atoms with Gasteiger partial charge in [0.05, 0.1) is 16.2 Å². The quantitative estimate of drug-likeness (QED) is 0.607. The van der Waals surface area contributed by atoms with Gasteiger partial charge in [-0.25, -0.2) is 8.42 Å². The molecule has 0 radical (unpaired) electrons. The lowest BCUT2D eigenvalue weighted by Crippen LogP contribution is -1.95. The number of nitriles is 1. The van der Waals surface area contributed by atoms with Crippen LogP contribution in [0.2, 0.25) is 0 Å². The minimum absolute atomic E-state index is 0.117. The van der Waals surface area contributed by atoms with Crippen LogP contribution in [0.15, 0.2) is 22.6 Å². The van der Waals surface area contributed by atoms with Gasteiger partial charge in [0.2, 0.25) is 9.84 Å². The summed E-state index contributed by atoms with van der Waals surface area (Å²) in [5.74, 6) is 0. The summed E-state index contributed by atoms with van der Waals surface area (Å²) in [6.45, 7) is 0. The molecule has 0 amide bonds. The second-order valence-corrected chi connectivity index (χ2v) is 4.37. The van der Waals surface area contributed by atoms with E-state index in [1.54, 1.807) is 0 Å². The molecule has 0 bridgehead atoms. The number of sulfone groups is 1. The summed E-state index contributed by atoms with van der Waals surface area (Å²) in [4.78, 5) is 3.95. The maximum Gasteiger partial charge on any atom is 0.202 e. The lowest BCUT2D eigenvalue weighted by Gasteiger charge is -1.96. The molecule has 2 heterocycles. The van der Waals surface area contributed by atoms with Crippen LogP contribution in [0.1, 0.15) is 11.3 Å². The van der Waals surface area contributed by atoms with Crippen molar-refractivity contribution >= 4 is 15.9 Å². The van der Waals surface area contributed by atoms with E-state index in [4.69, 9.17) is 5.26 Å². The first kappa shape index (κ1) is 7.95. The van der Waals surface area contributed by atoms with Crippen LogP contribution in [0, 0.1) is 11.3 Å². The smallest absolute Gasteiger partial charge is 0.202 e. The summed E-state index contributed by atoms with van der Waals surface area (Å²) in [6.07, 6.45) is 2.77. The van der Waals surface area contributed by atoms with Crippen LogP contribution >= 0.6 is 0 Å². The average molecular weight is 192 g/mol. The predicted octanol–water partition coefficient (Wildman–Crippen LogP) is 0.711. The van der Waals surface area contributed by atoms with Crippen molar-refractivity contribution in [3.05, 3.63) is 28.9 Å². The van der Waals surface area contributed by atoms with Gasteiger partial charge in [0.15, 0.2) is 0 Å². The van der Waals surface area contributed by atoms with E-state index in [9.17, 15) is 8.42 Å². The molecule has 2 rings (SSSR count). The van der Waals surface area contributed by atoms with Gasteiger partial charge in [0.25, 0.3) is 0 Å². The summed E-state index contributed by atoms with van der Waals surface area (Å²) >= 11 is 0. The summed E-state index contributed by atoms with van der Waals surface area (Å²) in [6, 6.07) is 3.17. The number of hydrogen-bond donors (Lipinski definition) is 0. The molecule has 0 fully saturated rings. The number of rotatable bonds is 0. The van der Waals surface area contributed by atoms with Gasteiger partial charge < -0.3 is 0 Å². The minimum atomic E-state index is -3.33. The molecule has 13 heavy (non-hydrogen) atoms. The molecule has 5 heteroatoms. The minimum Gasteiger partial charge on any atom is -0.254 e. The first-order valence-corrected chi connectivity index (χ1v) is 5.01. The van der Waals surface area contributed by atoms with E-state index in [2.05, 4.69) is 4.98 Å². The Labute approximate surface area is 75.1 Å². The molecule has 1 aromatic heterocycles. The van der Waals surface area contributed by atoms with Crippen LogP contribution in [-0.4, -0.2) is 13.4 Å². The van der Waals surface area contributed by atoms with E-state index in [0.29, 0.717) is 5.69 Å². The van der Waals surface area contributed by atoms with Crippen molar-refractivity contribution in [2.24, 2.45) is 0 Å². The van der Waals surface area contributed by atoms with Crippen molar-refractivity contribution in [1.82, 2.24) is 4.98 Å². The topological polar surface area (TPSA) is 70.8 Å². The molecule has 0 saturated carbocycles. The molecule has 0 aliphatic carbocycles. The standard InChI is InChI=1S/C8H4N2O2S/c9-4-6-3-8-7(10-5-6)1-2-13(8,11)12/h1-3,5H. The Hall–Kier alpha value is -1.67. The largest absolute Gasteiger partial charge is 0.254 e. The number of aromatic nitrogens is 1. The van der Waals surface area contributed by atoms with Crippen molar-refractivity contribution in [2.45, 2.75) is 4.90 Å². The van der Waals surface area contributed by atoms with Gasteiger partial charge in [0.1, 0.15) is 6.07 Å². The Bertz CT molecular complexity index is 538. The Kier molecular flexibility index (Phi) is 1.47. The second-order valence-electron chi connectivity index (χ2n) is 2.57. The Morgan fingerprint density at radius 3 is 2.92 bits per heavy atom. The van der Waals surface area contributed by atoms with E-state index in [-0.39, 0.29) is 10.5 Å². The molecule has 1 aliphatic rings. The fourth-order valence-corrected chi connectivity index (χ4v) is 2.25. The third kappa shape index (κ3) is 1.12. The third-order valence-electron chi connectivity index (χ3n) is 1.72. The molecular formula is C8H4N2O2S. The Morgan fingerprint density at radius 2 is 2.23 bits per heavy atom. The molecule has 0 aromatic carbocycles. The number of pyridine rings is 1. The molecule has 0 saturated heterocycles. The normalized spacial score (nSPS) is 16.5. The maximum absolute atomic E-state index is 11.3. The Balaban J connectivity index is 2.77. The first-order chi connectivity index (χ1) is 6.13. The highest BCUT2D eigenvalue weighted by atomic mass is 32.2. The van der Waals surface area contributed by atoms with E-state index in [1.165, 1.54) is 18.3 Å². The third-order valence-corrected chi connectivity index (χ3v) is 3.16. The molecule has 0 N–H and O–H groups in total. The molecule has 0 unspecified atom stereocenters. The zero-order valence-corrected chi connectivity index (χ0v) is 7.25. The number of nitrogens with zero attached hydrogens (tertiary/aromatic N) is 2. The van der Waals surface area contributed by atoms with Crippen LogP contribution in [0.3, 0.4) is 0 Å². The predicted molar refractivity (Wildman–Crippen MR) is 45.2 cm³/mol. The van der Waals surface area contributed by atoms with E-state index >= 15 is 0 Å². The van der Waals surface area contributed by atoms with Crippen molar-refractivity contribution in [3.63, 3.8) is 0 Å². The molecule has 1 aliphatic heterocycles.